The highest BCUT2D eigenvalue weighted by molar-refractivity contribution is 8.00. The molecule has 1 aromatic carbocycles. The van der Waals surface area contributed by atoms with Gasteiger partial charge in [0, 0.05) is 17.8 Å². The summed E-state index contributed by atoms with van der Waals surface area (Å²) in [5.41, 5.74) is 1.06. The van der Waals surface area contributed by atoms with Gasteiger partial charge < -0.3 is 0 Å². The van der Waals surface area contributed by atoms with Gasteiger partial charge in [0.1, 0.15) is 0 Å². The molecule has 2 aromatic rings. The Morgan fingerprint density at radius 3 is 2.83 bits per heavy atom. The van der Waals surface area contributed by atoms with E-state index in [4.69, 9.17) is 11.6 Å². The molecule has 0 saturated carbocycles. The Bertz CT molecular complexity index is 825. The average molecular weight is 407 g/mol. The molecule has 11 heteroatoms. The van der Waals surface area contributed by atoms with Crippen molar-refractivity contribution in [1.29, 1.82) is 0 Å². The lowest BCUT2D eigenvalue weighted by Crippen LogP contribution is -2.34. The van der Waals surface area contributed by atoms with Gasteiger partial charge in [-0.25, -0.2) is 8.42 Å². The van der Waals surface area contributed by atoms with Crippen molar-refractivity contribution >= 4 is 55.8 Å². The number of sulfonamides is 1. The summed E-state index contributed by atoms with van der Waals surface area (Å²) in [5, 5.41) is 11.4. The lowest BCUT2D eigenvalue weighted by Gasteiger charge is -2.12. The number of aromatic nitrogens is 2. The van der Waals surface area contributed by atoms with Crippen molar-refractivity contribution in [3.63, 3.8) is 0 Å². The van der Waals surface area contributed by atoms with Gasteiger partial charge in [-0.3, -0.25) is 10.1 Å². The maximum atomic E-state index is 11.8. The minimum atomic E-state index is -3.40. The van der Waals surface area contributed by atoms with Gasteiger partial charge in [0.15, 0.2) is 4.34 Å². The number of likely N-dealkylation sites (N-methyl/N-ethyl adjacent to an activating group) is 1. The van der Waals surface area contributed by atoms with E-state index in [0.717, 1.165) is 16.1 Å². The number of nitrogens with one attached hydrogen (secondary N) is 1. The summed E-state index contributed by atoms with van der Waals surface area (Å²) in [6.07, 6.45) is 1.04. The predicted molar refractivity (Wildman–Crippen MR) is 97.0 cm³/mol. The van der Waals surface area contributed by atoms with Gasteiger partial charge in [0.2, 0.25) is 21.1 Å². The molecule has 0 radical (unpaired) electrons. The molecule has 0 bridgehead atoms. The van der Waals surface area contributed by atoms with Gasteiger partial charge in [0.25, 0.3) is 0 Å². The molecule has 1 heterocycles. The van der Waals surface area contributed by atoms with E-state index in [0.29, 0.717) is 20.2 Å². The van der Waals surface area contributed by atoms with Crippen molar-refractivity contribution in [1.82, 2.24) is 14.5 Å². The number of rotatable bonds is 7. The second-order valence-corrected chi connectivity index (χ2v) is 9.58. The van der Waals surface area contributed by atoms with Gasteiger partial charge in [-0.05, 0) is 17.7 Å². The van der Waals surface area contributed by atoms with Crippen LogP contribution in [0.5, 0.6) is 0 Å². The molecule has 0 aliphatic rings. The van der Waals surface area contributed by atoms with E-state index in [1.54, 1.807) is 0 Å². The largest absolute Gasteiger partial charge is 0.299 e. The monoisotopic (exact) mass is 406 g/mol. The van der Waals surface area contributed by atoms with Gasteiger partial charge in [0.05, 0.1) is 12.8 Å². The van der Waals surface area contributed by atoms with Gasteiger partial charge in [-0.2, -0.15) is 4.31 Å². The number of thioether (sulfide) groups is 1. The maximum absolute atomic E-state index is 11.8. The molecule has 0 unspecified atom stereocenters. The third-order valence-corrected chi connectivity index (χ3v) is 6.38. The summed E-state index contributed by atoms with van der Waals surface area (Å²) in [6, 6.07) is 7.52. The lowest BCUT2D eigenvalue weighted by molar-refractivity contribution is -0.116. The van der Waals surface area contributed by atoms with Crippen LogP contribution in [0, 0.1) is 0 Å². The van der Waals surface area contributed by atoms with E-state index in [-0.39, 0.29) is 6.54 Å². The standard InChI is InChI=1S/C13H15ClN4O3S3/c1-18(24(2,20)21)7-11(19)15-12-16-17-13(23-12)22-8-9-4-3-5-10(14)6-9/h3-6H,7-8H2,1-2H3,(H,15,16,19). The normalized spacial score (nSPS) is 11.7. The van der Waals surface area contributed by atoms with Crippen molar-refractivity contribution in [3.8, 4) is 0 Å². The van der Waals surface area contributed by atoms with E-state index in [2.05, 4.69) is 15.5 Å². The van der Waals surface area contributed by atoms with Crippen LogP contribution in [0.2, 0.25) is 5.02 Å². The topological polar surface area (TPSA) is 92.3 Å². The highest BCUT2D eigenvalue weighted by Crippen LogP contribution is 2.28. The van der Waals surface area contributed by atoms with Crippen molar-refractivity contribution in [2.45, 2.75) is 10.1 Å². The second-order valence-electron chi connectivity index (χ2n) is 4.86. The molecular formula is C13H15ClN4O3S3. The van der Waals surface area contributed by atoms with E-state index in [1.165, 1.54) is 30.1 Å². The minimum Gasteiger partial charge on any atom is -0.299 e. The van der Waals surface area contributed by atoms with Crippen LogP contribution in [-0.4, -0.2) is 48.7 Å². The fraction of sp³-hybridized carbons (Fsp3) is 0.308. The first kappa shape index (κ1) is 19.1. The van der Waals surface area contributed by atoms with E-state index < -0.39 is 15.9 Å². The van der Waals surface area contributed by atoms with Gasteiger partial charge in [-0.1, -0.05) is 46.8 Å². The number of amides is 1. The first-order valence-corrected chi connectivity index (χ1v) is 10.7. The van der Waals surface area contributed by atoms with Crippen LogP contribution in [-0.2, 0) is 20.6 Å². The van der Waals surface area contributed by atoms with E-state index >= 15 is 0 Å². The summed E-state index contributed by atoms with van der Waals surface area (Å²) < 4.78 is 24.2. The quantitative estimate of drug-likeness (QED) is 0.560. The van der Waals surface area contributed by atoms with Crippen LogP contribution >= 0.6 is 34.7 Å². The number of halogens is 1. The molecule has 0 aliphatic heterocycles. The average Bonchev–Trinajstić information content (AvgIpc) is 2.91. The molecule has 130 valence electrons. The molecular weight excluding hydrogens is 392 g/mol. The maximum Gasteiger partial charge on any atom is 0.241 e. The highest BCUT2D eigenvalue weighted by atomic mass is 35.5. The molecule has 0 spiro atoms. The first-order valence-electron chi connectivity index (χ1n) is 6.66. The minimum absolute atomic E-state index is 0.274. The SMILES string of the molecule is CN(CC(=O)Nc1nnc(SCc2cccc(Cl)c2)s1)S(C)(=O)=O. The Balaban J connectivity index is 1.87. The summed E-state index contributed by atoms with van der Waals surface area (Å²) in [4.78, 5) is 11.8. The highest BCUT2D eigenvalue weighted by Gasteiger charge is 2.16. The fourth-order valence-electron chi connectivity index (χ4n) is 1.57. The molecule has 1 aromatic heterocycles. The Labute approximate surface area is 153 Å². The van der Waals surface area contributed by atoms with Crippen molar-refractivity contribution in [2.75, 3.05) is 25.2 Å². The zero-order valence-corrected chi connectivity index (χ0v) is 16.1. The predicted octanol–water partition coefficient (Wildman–Crippen LogP) is 2.31. The Morgan fingerprint density at radius 1 is 1.42 bits per heavy atom. The summed E-state index contributed by atoms with van der Waals surface area (Å²) in [6.45, 7) is -0.274. The van der Waals surface area contributed by atoms with Crippen molar-refractivity contribution in [3.05, 3.63) is 34.9 Å². The Hall–Kier alpha value is -1.20. The van der Waals surface area contributed by atoms with Crippen molar-refractivity contribution < 1.29 is 13.2 Å². The third-order valence-electron chi connectivity index (χ3n) is 2.84. The fourth-order valence-corrected chi connectivity index (χ4v) is 3.84. The Kier molecular flexibility index (Phi) is 6.58. The van der Waals surface area contributed by atoms with Crippen molar-refractivity contribution in [2.24, 2.45) is 0 Å². The molecule has 1 amide bonds. The number of hydrogen-bond acceptors (Lipinski definition) is 7. The van der Waals surface area contributed by atoms with Crippen LogP contribution in [0.15, 0.2) is 28.6 Å². The second kappa shape index (κ2) is 8.26. The Morgan fingerprint density at radius 2 is 2.17 bits per heavy atom. The lowest BCUT2D eigenvalue weighted by atomic mass is 10.2. The third kappa shape index (κ3) is 6.02. The van der Waals surface area contributed by atoms with Gasteiger partial charge >= 0.3 is 0 Å². The van der Waals surface area contributed by atoms with E-state index in [1.807, 2.05) is 24.3 Å². The number of nitrogens with zero attached hydrogens (tertiary/aromatic N) is 3. The molecule has 0 atom stereocenters. The molecule has 0 fully saturated rings. The molecule has 7 nitrogen and oxygen atoms in total. The molecule has 0 saturated heterocycles. The summed E-state index contributed by atoms with van der Waals surface area (Å²) in [5.74, 6) is 0.213. The number of anilines is 1. The summed E-state index contributed by atoms with van der Waals surface area (Å²) in [7, 11) is -2.07. The smallest absolute Gasteiger partial charge is 0.241 e. The number of carbonyl (C=O) groups is 1. The van der Waals surface area contributed by atoms with E-state index in [9.17, 15) is 13.2 Å². The zero-order valence-electron chi connectivity index (χ0n) is 12.9. The number of benzene rings is 1. The van der Waals surface area contributed by atoms with Crippen LogP contribution in [0.3, 0.4) is 0 Å². The molecule has 24 heavy (non-hydrogen) atoms. The molecule has 2 rings (SSSR count). The van der Waals surface area contributed by atoms with Crippen LogP contribution < -0.4 is 5.32 Å². The molecule has 0 aliphatic carbocycles. The number of hydrogen-bond donors (Lipinski definition) is 1. The first-order chi connectivity index (χ1) is 11.2. The number of carbonyl (C=O) groups excluding carboxylic acids is 1. The van der Waals surface area contributed by atoms with Crippen LogP contribution in [0.4, 0.5) is 5.13 Å². The van der Waals surface area contributed by atoms with Gasteiger partial charge in [-0.15, -0.1) is 10.2 Å². The van der Waals surface area contributed by atoms with Crippen LogP contribution in [0.25, 0.3) is 0 Å². The summed E-state index contributed by atoms with van der Waals surface area (Å²) >= 11 is 8.64. The van der Waals surface area contributed by atoms with Crippen LogP contribution in [0.1, 0.15) is 5.56 Å². The zero-order chi connectivity index (χ0) is 17.7. The molecule has 1 N–H and O–H groups in total.